The molecule has 132 valence electrons. The number of nitrogens with zero attached hydrogens (tertiary/aromatic N) is 2. The molecule has 2 saturated heterocycles. The quantitative estimate of drug-likeness (QED) is 0.922. The number of benzene rings is 1. The highest BCUT2D eigenvalue weighted by atomic mass is 16.2. The lowest BCUT2D eigenvalue weighted by Gasteiger charge is -2.39. The van der Waals surface area contributed by atoms with E-state index in [0.29, 0.717) is 11.3 Å². The number of likely N-dealkylation sites (tertiary alicyclic amines) is 1. The molecule has 1 amide bonds. The summed E-state index contributed by atoms with van der Waals surface area (Å²) in [7, 11) is 2.11. The summed E-state index contributed by atoms with van der Waals surface area (Å²) in [5.74, 6) is 0.816. The second kappa shape index (κ2) is 7.14. The summed E-state index contributed by atoms with van der Waals surface area (Å²) in [5.41, 5.74) is 2.45. The maximum atomic E-state index is 12.8. The van der Waals surface area contributed by atoms with E-state index in [4.69, 9.17) is 0 Å². The highest BCUT2D eigenvalue weighted by molar-refractivity contribution is 5.94. The Bertz CT molecular complexity index is 551. The van der Waals surface area contributed by atoms with Gasteiger partial charge in [-0.3, -0.25) is 4.79 Å². The SMILES string of the molecule is CC(C)CN(C)c1ccc(C(=O)N2CCC3(CCNC3)CC2)cc1. The van der Waals surface area contributed by atoms with E-state index in [1.165, 1.54) is 12.1 Å². The zero-order valence-corrected chi connectivity index (χ0v) is 15.3. The molecular weight excluding hydrogens is 298 g/mol. The minimum absolute atomic E-state index is 0.189. The van der Waals surface area contributed by atoms with Gasteiger partial charge in [0.1, 0.15) is 0 Å². The van der Waals surface area contributed by atoms with Gasteiger partial charge in [-0.25, -0.2) is 0 Å². The predicted octanol–water partition coefficient (Wildman–Crippen LogP) is 2.99. The van der Waals surface area contributed by atoms with E-state index in [-0.39, 0.29) is 5.91 Å². The van der Waals surface area contributed by atoms with Crippen molar-refractivity contribution in [1.29, 1.82) is 0 Å². The van der Waals surface area contributed by atoms with Crippen molar-refractivity contribution < 1.29 is 4.79 Å². The third-order valence-electron chi connectivity index (χ3n) is 5.64. The number of nitrogens with one attached hydrogen (secondary N) is 1. The van der Waals surface area contributed by atoms with Crippen LogP contribution in [0.3, 0.4) is 0 Å². The summed E-state index contributed by atoms with van der Waals surface area (Å²) < 4.78 is 0. The average molecular weight is 329 g/mol. The fraction of sp³-hybridized carbons (Fsp3) is 0.650. The third-order valence-corrected chi connectivity index (χ3v) is 5.64. The first-order valence-corrected chi connectivity index (χ1v) is 9.30. The van der Waals surface area contributed by atoms with E-state index in [9.17, 15) is 4.79 Å². The predicted molar refractivity (Wildman–Crippen MR) is 99.6 cm³/mol. The van der Waals surface area contributed by atoms with Gasteiger partial charge in [-0.1, -0.05) is 13.8 Å². The zero-order valence-electron chi connectivity index (χ0n) is 15.3. The first-order valence-electron chi connectivity index (χ1n) is 9.30. The molecule has 0 aliphatic carbocycles. The lowest BCUT2D eigenvalue weighted by atomic mass is 9.78. The average Bonchev–Trinajstić information content (AvgIpc) is 3.02. The molecule has 1 spiro atoms. The minimum atomic E-state index is 0.189. The van der Waals surface area contributed by atoms with Crippen LogP contribution in [0.4, 0.5) is 5.69 Å². The molecule has 4 heteroatoms. The number of amides is 1. The number of anilines is 1. The van der Waals surface area contributed by atoms with Crippen LogP contribution in [0.1, 0.15) is 43.5 Å². The van der Waals surface area contributed by atoms with Crippen LogP contribution in [0.25, 0.3) is 0 Å². The van der Waals surface area contributed by atoms with E-state index in [1.54, 1.807) is 0 Å². The Morgan fingerprint density at radius 2 is 1.88 bits per heavy atom. The maximum Gasteiger partial charge on any atom is 0.253 e. The second-order valence-electron chi connectivity index (χ2n) is 8.04. The highest BCUT2D eigenvalue weighted by Gasteiger charge is 2.38. The number of carbonyl (C=O) groups is 1. The monoisotopic (exact) mass is 329 g/mol. The summed E-state index contributed by atoms with van der Waals surface area (Å²) in [6.07, 6.45) is 3.55. The van der Waals surface area contributed by atoms with Crippen molar-refractivity contribution in [3.63, 3.8) is 0 Å². The molecule has 2 heterocycles. The molecule has 4 nitrogen and oxygen atoms in total. The number of hydrogen-bond acceptors (Lipinski definition) is 3. The van der Waals surface area contributed by atoms with Gasteiger partial charge in [-0.15, -0.1) is 0 Å². The molecule has 2 aliphatic rings. The topological polar surface area (TPSA) is 35.6 Å². The fourth-order valence-corrected chi connectivity index (χ4v) is 4.10. The first-order chi connectivity index (χ1) is 11.5. The molecule has 0 unspecified atom stereocenters. The van der Waals surface area contributed by atoms with Crippen LogP contribution in [-0.4, -0.2) is 50.6 Å². The van der Waals surface area contributed by atoms with Crippen LogP contribution in [0.15, 0.2) is 24.3 Å². The van der Waals surface area contributed by atoms with Crippen molar-refractivity contribution in [1.82, 2.24) is 10.2 Å². The lowest BCUT2D eigenvalue weighted by Crippen LogP contribution is -2.44. The number of carbonyl (C=O) groups excluding carboxylic acids is 1. The molecule has 24 heavy (non-hydrogen) atoms. The summed E-state index contributed by atoms with van der Waals surface area (Å²) in [4.78, 5) is 17.0. The van der Waals surface area contributed by atoms with Crippen molar-refractivity contribution in [2.75, 3.05) is 44.7 Å². The van der Waals surface area contributed by atoms with Gasteiger partial charge in [-0.2, -0.15) is 0 Å². The second-order valence-corrected chi connectivity index (χ2v) is 8.04. The molecule has 0 aromatic heterocycles. The molecule has 1 aromatic rings. The Kier molecular flexibility index (Phi) is 5.14. The molecular formula is C20H31N3O. The van der Waals surface area contributed by atoms with E-state index in [2.05, 4.69) is 43.2 Å². The van der Waals surface area contributed by atoms with Gasteiger partial charge in [-0.05, 0) is 61.4 Å². The molecule has 2 fully saturated rings. The van der Waals surface area contributed by atoms with Gasteiger partial charge in [0.15, 0.2) is 0 Å². The van der Waals surface area contributed by atoms with Gasteiger partial charge in [0.25, 0.3) is 5.91 Å². The zero-order chi connectivity index (χ0) is 17.2. The van der Waals surface area contributed by atoms with E-state index < -0.39 is 0 Å². The van der Waals surface area contributed by atoms with Crippen molar-refractivity contribution in [2.45, 2.75) is 33.1 Å². The van der Waals surface area contributed by atoms with Gasteiger partial charge in [0.2, 0.25) is 0 Å². The standard InChI is InChI=1S/C20H31N3O/c1-16(2)14-22(3)18-6-4-17(5-7-18)19(24)23-12-9-20(10-13-23)8-11-21-15-20/h4-7,16,21H,8-15H2,1-3H3. The smallest absolute Gasteiger partial charge is 0.253 e. The van der Waals surface area contributed by atoms with Gasteiger partial charge < -0.3 is 15.1 Å². The Balaban J connectivity index is 1.59. The third kappa shape index (κ3) is 3.75. The summed E-state index contributed by atoms with van der Waals surface area (Å²) in [5, 5.41) is 3.48. The molecule has 3 rings (SSSR count). The Morgan fingerprint density at radius 3 is 2.42 bits per heavy atom. The number of hydrogen-bond donors (Lipinski definition) is 1. The van der Waals surface area contributed by atoms with E-state index in [0.717, 1.165) is 51.1 Å². The Morgan fingerprint density at radius 1 is 1.21 bits per heavy atom. The van der Waals surface area contributed by atoms with Crippen LogP contribution in [-0.2, 0) is 0 Å². The summed E-state index contributed by atoms with van der Waals surface area (Å²) in [6.45, 7) is 9.53. The molecule has 1 N–H and O–H groups in total. The molecule has 0 bridgehead atoms. The van der Waals surface area contributed by atoms with Crippen molar-refractivity contribution in [3.8, 4) is 0 Å². The van der Waals surface area contributed by atoms with Gasteiger partial charge in [0, 0.05) is 44.5 Å². The van der Waals surface area contributed by atoms with Gasteiger partial charge in [0.05, 0.1) is 0 Å². The lowest BCUT2D eigenvalue weighted by molar-refractivity contribution is 0.0607. The van der Waals surface area contributed by atoms with Crippen LogP contribution in [0.5, 0.6) is 0 Å². The molecule has 2 aliphatic heterocycles. The normalized spacial score (nSPS) is 19.9. The van der Waals surface area contributed by atoms with Crippen LogP contribution >= 0.6 is 0 Å². The maximum absolute atomic E-state index is 12.8. The Hall–Kier alpha value is -1.55. The highest BCUT2D eigenvalue weighted by Crippen LogP contribution is 2.37. The number of piperidine rings is 1. The number of rotatable bonds is 4. The van der Waals surface area contributed by atoms with Crippen molar-refractivity contribution in [2.24, 2.45) is 11.3 Å². The summed E-state index contributed by atoms with van der Waals surface area (Å²) in [6, 6.07) is 8.11. The van der Waals surface area contributed by atoms with Crippen molar-refractivity contribution in [3.05, 3.63) is 29.8 Å². The largest absolute Gasteiger partial charge is 0.374 e. The van der Waals surface area contributed by atoms with Crippen LogP contribution in [0.2, 0.25) is 0 Å². The molecule has 0 saturated carbocycles. The molecule has 0 atom stereocenters. The summed E-state index contributed by atoms with van der Waals surface area (Å²) >= 11 is 0. The minimum Gasteiger partial charge on any atom is -0.374 e. The van der Waals surface area contributed by atoms with Crippen LogP contribution in [0, 0.1) is 11.3 Å². The molecule has 0 radical (unpaired) electrons. The van der Waals surface area contributed by atoms with Crippen molar-refractivity contribution >= 4 is 11.6 Å². The Labute approximate surface area is 146 Å². The first kappa shape index (κ1) is 17.3. The van der Waals surface area contributed by atoms with Gasteiger partial charge >= 0.3 is 0 Å². The molecule has 1 aromatic carbocycles. The van der Waals surface area contributed by atoms with Crippen LogP contribution < -0.4 is 10.2 Å². The fourth-order valence-electron chi connectivity index (χ4n) is 4.10. The van der Waals surface area contributed by atoms with E-state index in [1.807, 2.05) is 17.0 Å². The van der Waals surface area contributed by atoms with E-state index >= 15 is 0 Å².